The van der Waals surface area contributed by atoms with Gasteiger partial charge in [0.05, 0.1) is 17.7 Å². The van der Waals surface area contributed by atoms with E-state index in [-0.39, 0.29) is 5.71 Å². The molecule has 0 atom stereocenters. The Morgan fingerprint density at radius 3 is 2.36 bits per heavy atom. The van der Waals surface area contributed by atoms with Crippen LogP contribution in [0.15, 0.2) is 71.9 Å². The van der Waals surface area contributed by atoms with Crippen LogP contribution in [-0.2, 0) is 0 Å². The van der Waals surface area contributed by atoms with E-state index in [9.17, 15) is 5.41 Å². The minimum atomic E-state index is 0.258. The zero-order valence-corrected chi connectivity index (χ0v) is 11.7. The third kappa shape index (κ3) is 2.92. The summed E-state index contributed by atoms with van der Waals surface area (Å²) in [6.07, 6.45) is 7.13. The van der Waals surface area contributed by atoms with Gasteiger partial charge in [-0.1, -0.05) is 41.5 Å². The second-order valence-corrected chi connectivity index (χ2v) is 4.86. The maximum atomic E-state index is 9.37. The normalized spacial score (nSPS) is 13.1. The molecule has 0 bridgehead atoms. The van der Waals surface area contributed by atoms with Crippen molar-refractivity contribution in [2.24, 2.45) is 5.11 Å². The molecule has 1 aliphatic carbocycles. The molecule has 0 fully saturated rings. The number of hydrogen-bond acceptors (Lipinski definition) is 1. The Balaban J connectivity index is 1.92. The summed E-state index contributed by atoms with van der Waals surface area (Å²) in [4.78, 5) is 2.77. The first kappa shape index (κ1) is 13.7. The van der Waals surface area contributed by atoms with Crippen LogP contribution in [0.2, 0.25) is 0 Å². The van der Waals surface area contributed by atoms with E-state index >= 15 is 0 Å². The molecule has 0 aromatic heterocycles. The molecule has 2 aromatic carbocycles. The number of nitrogens with zero attached hydrogens (tertiary/aromatic N) is 4. The van der Waals surface area contributed by atoms with Crippen molar-refractivity contribution in [2.75, 3.05) is 0 Å². The molecule has 0 saturated carbocycles. The molecule has 22 heavy (non-hydrogen) atoms. The van der Waals surface area contributed by atoms with Crippen molar-refractivity contribution < 1.29 is 0 Å². The van der Waals surface area contributed by atoms with Crippen molar-refractivity contribution in [2.45, 2.75) is 0 Å². The number of allylic oxidation sites excluding steroid dienone is 4. The smallest absolute Gasteiger partial charge is 0.0837 e. The van der Waals surface area contributed by atoms with E-state index in [2.05, 4.69) is 16.1 Å². The molecule has 0 amide bonds. The van der Waals surface area contributed by atoms with Gasteiger partial charge in [-0.15, -0.1) is 0 Å². The minimum Gasteiger partial charge on any atom is -0.779 e. The van der Waals surface area contributed by atoms with Crippen molar-refractivity contribution >= 4 is 17.0 Å². The van der Waals surface area contributed by atoms with Crippen molar-refractivity contribution in [3.05, 3.63) is 94.6 Å². The van der Waals surface area contributed by atoms with E-state index in [1.807, 2.05) is 42.5 Å². The summed E-state index contributed by atoms with van der Waals surface area (Å²) in [6, 6.07) is 15.6. The monoisotopic (exact) mass is 284 g/mol. The highest BCUT2D eigenvalue weighted by molar-refractivity contribution is 6.10. The van der Waals surface area contributed by atoms with Crippen LogP contribution in [-0.4, -0.2) is 5.71 Å². The molecule has 2 aromatic rings. The summed E-state index contributed by atoms with van der Waals surface area (Å²) in [5.74, 6) is 0. The van der Waals surface area contributed by atoms with Gasteiger partial charge in [-0.3, -0.25) is 0 Å². The first-order chi connectivity index (χ1) is 10.8. The minimum absolute atomic E-state index is 0.258. The van der Waals surface area contributed by atoms with E-state index in [1.165, 1.54) is 0 Å². The maximum Gasteiger partial charge on any atom is 0.0837 e. The van der Waals surface area contributed by atoms with E-state index in [1.54, 1.807) is 24.6 Å². The fourth-order valence-corrected chi connectivity index (χ4v) is 2.30. The first-order valence-electron chi connectivity index (χ1n) is 6.81. The summed E-state index contributed by atoms with van der Waals surface area (Å²) in [5, 5.41) is 12.9. The van der Waals surface area contributed by atoms with Gasteiger partial charge in [0.25, 0.3) is 0 Å². The van der Waals surface area contributed by atoms with Gasteiger partial charge >= 0.3 is 0 Å². The maximum absolute atomic E-state index is 9.37. The Bertz CT molecular complexity index is 822. The highest BCUT2D eigenvalue weighted by Crippen LogP contribution is 2.27. The lowest BCUT2D eigenvalue weighted by atomic mass is 9.95. The summed E-state index contributed by atoms with van der Waals surface area (Å²) in [7, 11) is 0. The summed E-state index contributed by atoms with van der Waals surface area (Å²) in [6.45, 7) is 0. The van der Waals surface area contributed by atoms with Gasteiger partial charge in [0, 0.05) is 28.7 Å². The second kappa shape index (κ2) is 6.04. The van der Waals surface area contributed by atoms with Crippen LogP contribution in [0.4, 0.5) is 5.69 Å². The van der Waals surface area contributed by atoms with Crippen LogP contribution >= 0.6 is 0 Å². The average Bonchev–Trinajstić information content (AvgIpc) is 2.57. The molecular formula is C18H12N4. The van der Waals surface area contributed by atoms with E-state index in [0.29, 0.717) is 5.69 Å². The Morgan fingerprint density at radius 2 is 1.68 bits per heavy atom. The van der Waals surface area contributed by atoms with Gasteiger partial charge in [0.15, 0.2) is 0 Å². The lowest BCUT2D eigenvalue weighted by Crippen LogP contribution is -1.95. The van der Waals surface area contributed by atoms with Crippen LogP contribution in [0.1, 0.15) is 5.56 Å². The predicted octanol–water partition coefficient (Wildman–Crippen LogP) is 5.46. The van der Waals surface area contributed by atoms with Gasteiger partial charge in [-0.05, 0) is 34.5 Å². The van der Waals surface area contributed by atoms with Gasteiger partial charge in [0.1, 0.15) is 0 Å². The standard InChI is InChI=1S/C18H12N4/c19-17-8-4-13(5-9-17)15-2-1-3-16(12-15)14-6-10-18(11-7-14)21-22-20/h1-12H. The van der Waals surface area contributed by atoms with Gasteiger partial charge in [-0.25, -0.2) is 0 Å². The topological polar surface area (TPSA) is 71.1 Å². The quantitative estimate of drug-likeness (QED) is 0.310. The van der Waals surface area contributed by atoms with Crippen molar-refractivity contribution in [1.29, 1.82) is 0 Å². The molecule has 0 heterocycles. The number of benzene rings is 2. The van der Waals surface area contributed by atoms with E-state index in [0.717, 1.165) is 22.3 Å². The predicted molar refractivity (Wildman–Crippen MR) is 90.5 cm³/mol. The van der Waals surface area contributed by atoms with Crippen LogP contribution in [0.5, 0.6) is 0 Å². The largest absolute Gasteiger partial charge is 0.779 e. The molecule has 3 rings (SSSR count). The number of rotatable bonds is 3. The molecule has 0 aliphatic heterocycles. The lowest BCUT2D eigenvalue weighted by molar-refractivity contribution is 1.47. The van der Waals surface area contributed by atoms with Crippen LogP contribution in [0.25, 0.3) is 32.6 Å². The molecule has 1 aliphatic rings. The fourth-order valence-electron chi connectivity index (χ4n) is 2.30. The lowest BCUT2D eigenvalue weighted by Gasteiger charge is -2.07. The Kier molecular flexibility index (Phi) is 3.77. The highest BCUT2D eigenvalue weighted by Gasteiger charge is 2.10. The van der Waals surface area contributed by atoms with Crippen LogP contribution < -0.4 is 0 Å². The summed E-state index contributed by atoms with van der Waals surface area (Å²) >= 11 is 0. The molecule has 0 saturated heterocycles. The molecule has 0 radical (unpaired) electrons. The number of azide groups is 1. The van der Waals surface area contributed by atoms with Gasteiger partial charge in [-0.2, -0.15) is 0 Å². The third-order valence-electron chi connectivity index (χ3n) is 3.42. The fraction of sp³-hybridized carbons (Fsp3) is 0. The number of hydrogen-bond donors (Lipinski definition) is 0. The average molecular weight is 284 g/mol. The van der Waals surface area contributed by atoms with Crippen molar-refractivity contribution in [1.82, 2.24) is 0 Å². The summed E-state index contributed by atoms with van der Waals surface area (Å²) in [5.41, 5.74) is 13.5. The van der Waals surface area contributed by atoms with Gasteiger partial charge < -0.3 is 5.41 Å². The van der Waals surface area contributed by atoms with E-state index < -0.39 is 0 Å². The zero-order chi connectivity index (χ0) is 15.4. The zero-order valence-electron chi connectivity index (χ0n) is 11.7. The van der Waals surface area contributed by atoms with Crippen molar-refractivity contribution in [3.63, 3.8) is 0 Å². The molecule has 0 spiro atoms. The SMILES string of the molecule is [N-]=[N+]=Nc1ccc(-c2cccc(C3=C[CH+]C(=[N-])C=C3)c2)cc1. The Hall–Kier alpha value is -3.23. The Labute approximate surface area is 128 Å². The summed E-state index contributed by atoms with van der Waals surface area (Å²) < 4.78 is 0. The van der Waals surface area contributed by atoms with Crippen molar-refractivity contribution in [3.8, 4) is 11.1 Å². The Morgan fingerprint density at radius 1 is 0.909 bits per heavy atom. The molecule has 0 N–H and O–H groups in total. The first-order valence-corrected chi connectivity index (χ1v) is 6.81. The van der Waals surface area contributed by atoms with Crippen LogP contribution in [0.3, 0.4) is 0 Å². The van der Waals surface area contributed by atoms with E-state index in [4.69, 9.17) is 5.53 Å². The molecule has 4 heteroatoms. The molecule has 0 unspecified atom stereocenters. The highest BCUT2D eigenvalue weighted by atomic mass is 15.1. The molecule has 104 valence electrons. The molecule has 4 nitrogen and oxygen atoms in total. The second-order valence-electron chi connectivity index (χ2n) is 4.86. The van der Waals surface area contributed by atoms with Gasteiger partial charge in [0.2, 0.25) is 0 Å². The molecular weight excluding hydrogens is 272 g/mol. The van der Waals surface area contributed by atoms with Crippen LogP contribution in [0, 0.1) is 6.42 Å². The third-order valence-corrected chi connectivity index (χ3v) is 3.42.